The standard InChI is InChI=1S/C13H18BrFN2/c1-9-7-16-13(2,3)8-17(9)12-5-4-10(15)6-11(12)14/h4-6,9,16H,7-8H2,1-3H3. The van der Waals surface area contributed by atoms with Gasteiger partial charge in [0.25, 0.3) is 0 Å². The Hall–Kier alpha value is -0.610. The van der Waals surface area contributed by atoms with Crippen molar-refractivity contribution in [2.45, 2.75) is 32.4 Å². The fraction of sp³-hybridized carbons (Fsp3) is 0.538. The highest BCUT2D eigenvalue weighted by molar-refractivity contribution is 9.10. The number of anilines is 1. The molecule has 1 N–H and O–H groups in total. The lowest BCUT2D eigenvalue weighted by Crippen LogP contribution is -2.61. The van der Waals surface area contributed by atoms with Gasteiger partial charge in [0, 0.05) is 29.1 Å². The van der Waals surface area contributed by atoms with Crippen molar-refractivity contribution in [2.75, 3.05) is 18.0 Å². The fourth-order valence-electron chi connectivity index (χ4n) is 2.21. The zero-order valence-corrected chi connectivity index (χ0v) is 12.0. The van der Waals surface area contributed by atoms with Gasteiger partial charge in [0.15, 0.2) is 0 Å². The van der Waals surface area contributed by atoms with Crippen LogP contribution in [0.4, 0.5) is 10.1 Å². The van der Waals surface area contributed by atoms with Crippen molar-refractivity contribution in [1.29, 1.82) is 0 Å². The molecule has 1 aliphatic heterocycles. The molecular formula is C13H18BrFN2. The Morgan fingerprint density at radius 2 is 2.18 bits per heavy atom. The molecule has 1 heterocycles. The summed E-state index contributed by atoms with van der Waals surface area (Å²) in [6.45, 7) is 8.40. The van der Waals surface area contributed by atoms with Crippen molar-refractivity contribution in [3.05, 3.63) is 28.5 Å². The van der Waals surface area contributed by atoms with Crippen LogP contribution in [0.25, 0.3) is 0 Å². The van der Waals surface area contributed by atoms with E-state index in [0.717, 1.165) is 23.2 Å². The third kappa shape index (κ3) is 2.80. The molecule has 0 aliphatic carbocycles. The van der Waals surface area contributed by atoms with E-state index in [4.69, 9.17) is 0 Å². The molecule has 1 aromatic rings. The van der Waals surface area contributed by atoms with Crippen LogP contribution in [-0.2, 0) is 0 Å². The molecular weight excluding hydrogens is 283 g/mol. The summed E-state index contributed by atoms with van der Waals surface area (Å²) in [4.78, 5) is 2.32. The number of benzene rings is 1. The summed E-state index contributed by atoms with van der Waals surface area (Å²) in [7, 11) is 0. The van der Waals surface area contributed by atoms with Gasteiger partial charge in [-0.1, -0.05) is 0 Å². The van der Waals surface area contributed by atoms with E-state index in [-0.39, 0.29) is 11.4 Å². The van der Waals surface area contributed by atoms with Crippen LogP contribution in [0.5, 0.6) is 0 Å². The molecule has 2 rings (SSSR count). The molecule has 0 aromatic heterocycles. The molecule has 1 saturated heterocycles. The monoisotopic (exact) mass is 300 g/mol. The van der Waals surface area contributed by atoms with Gasteiger partial charge in [-0.2, -0.15) is 0 Å². The summed E-state index contributed by atoms with van der Waals surface area (Å²) >= 11 is 3.45. The molecule has 94 valence electrons. The summed E-state index contributed by atoms with van der Waals surface area (Å²) in [5.74, 6) is -0.206. The highest BCUT2D eigenvalue weighted by atomic mass is 79.9. The van der Waals surface area contributed by atoms with Gasteiger partial charge in [0.2, 0.25) is 0 Å². The van der Waals surface area contributed by atoms with Crippen molar-refractivity contribution in [3.8, 4) is 0 Å². The van der Waals surface area contributed by atoms with Crippen LogP contribution >= 0.6 is 15.9 Å². The molecule has 1 fully saturated rings. The topological polar surface area (TPSA) is 15.3 Å². The number of piperazine rings is 1. The van der Waals surface area contributed by atoms with Crippen molar-refractivity contribution in [3.63, 3.8) is 0 Å². The minimum Gasteiger partial charge on any atom is -0.365 e. The largest absolute Gasteiger partial charge is 0.365 e. The number of halogens is 2. The molecule has 0 bridgehead atoms. The van der Waals surface area contributed by atoms with Crippen molar-refractivity contribution in [2.24, 2.45) is 0 Å². The summed E-state index contributed by atoms with van der Waals surface area (Å²) in [6, 6.07) is 5.29. The lowest BCUT2D eigenvalue weighted by molar-refractivity contribution is 0.318. The molecule has 1 unspecified atom stereocenters. The number of nitrogens with zero attached hydrogens (tertiary/aromatic N) is 1. The lowest BCUT2D eigenvalue weighted by Gasteiger charge is -2.45. The number of hydrogen-bond acceptors (Lipinski definition) is 2. The van der Waals surface area contributed by atoms with Crippen molar-refractivity contribution >= 4 is 21.6 Å². The van der Waals surface area contributed by atoms with E-state index in [1.807, 2.05) is 6.07 Å². The first-order valence-corrected chi connectivity index (χ1v) is 6.65. The van der Waals surface area contributed by atoms with Crippen molar-refractivity contribution < 1.29 is 4.39 Å². The fourth-order valence-corrected chi connectivity index (χ4v) is 2.79. The van der Waals surface area contributed by atoms with E-state index < -0.39 is 0 Å². The molecule has 1 atom stereocenters. The zero-order valence-electron chi connectivity index (χ0n) is 10.4. The predicted octanol–water partition coefficient (Wildman–Crippen LogP) is 3.16. The zero-order chi connectivity index (χ0) is 12.6. The first-order valence-electron chi connectivity index (χ1n) is 5.86. The molecule has 1 aromatic carbocycles. The van der Waals surface area contributed by atoms with Crippen molar-refractivity contribution in [1.82, 2.24) is 5.32 Å². The SMILES string of the molecule is CC1CNC(C)(C)CN1c1ccc(F)cc1Br. The molecule has 17 heavy (non-hydrogen) atoms. The lowest BCUT2D eigenvalue weighted by atomic mass is 9.98. The number of hydrogen-bond donors (Lipinski definition) is 1. The normalized spacial score (nSPS) is 23.8. The second-order valence-corrected chi connectivity index (χ2v) is 6.19. The first kappa shape index (κ1) is 12.8. The summed E-state index contributed by atoms with van der Waals surface area (Å²) in [5, 5.41) is 3.51. The maximum Gasteiger partial charge on any atom is 0.124 e. The summed E-state index contributed by atoms with van der Waals surface area (Å²) in [5.41, 5.74) is 1.15. The average molecular weight is 301 g/mol. The van der Waals surface area contributed by atoms with Crippen LogP contribution in [-0.4, -0.2) is 24.7 Å². The Bertz CT molecular complexity index is 420. The Kier molecular flexibility index (Phi) is 3.46. The smallest absolute Gasteiger partial charge is 0.124 e. The Morgan fingerprint density at radius 1 is 1.47 bits per heavy atom. The van der Waals surface area contributed by atoms with Gasteiger partial charge >= 0.3 is 0 Å². The quantitative estimate of drug-likeness (QED) is 0.857. The first-order chi connectivity index (χ1) is 7.89. The van der Waals surface area contributed by atoms with Gasteiger partial charge in [-0.3, -0.25) is 0 Å². The highest BCUT2D eigenvalue weighted by Gasteiger charge is 2.31. The Labute approximate surface area is 110 Å². The maximum absolute atomic E-state index is 13.1. The van der Waals surface area contributed by atoms with E-state index >= 15 is 0 Å². The van der Waals surface area contributed by atoms with Gasteiger partial charge in [0.1, 0.15) is 5.82 Å². The second kappa shape index (κ2) is 4.58. The number of nitrogens with one attached hydrogen (secondary N) is 1. The Balaban J connectivity index is 2.31. The van der Waals surface area contributed by atoms with E-state index in [1.54, 1.807) is 0 Å². The van der Waals surface area contributed by atoms with Crippen LogP contribution in [0.1, 0.15) is 20.8 Å². The van der Waals surface area contributed by atoms with Crippen LogP contribution in [0.3, 0.4) is 0 Å². The third-order valence-corrected chi connectivity index (χ3v) is 3.83. The van der Waals surface area contributed by atoms with Crippen LogP contribution in [0.15, 0.2) is 22.7 Å². The average Bonchev–Trinajstić information content (AvgIpc) is 2.22. The second-order valence-electron chi connectivity index (χ2n) is 5.34. The Morgan fingerprint density at radius 3 is 2.82 bits per heavy atom. The van der Waals surface area contributed by atoms with E-state index in [1.165, 1.54) is 12.1 Å². The minimum atomic E-state index is -0.206. The van der Waals surface area contributed by atoms with Gasteiger partial charge < -0.3 is 10.2 Å². The number of rotatable bonds is 1. The van der Waals surface area contributed by atoms with Crippen LogP contribution in [0, 0.1) is 5.82 Å². The molecule has 2 nitrogen and oxygen atoms in total. The molecule has 1 aliphatic rings. The van der Waals surface area contributed by atoms with E-state index in [9.17, 15) is 4.39 Å². The molecule has 0 spiro atoms. The molecule has 0 saturated carbocycles. The summed E-state index contributed by atoms with van der Waals surface area (Å²) in [6.07, 6.45) is 0. The molecule has 0 amide bonds. The molecule has 4 heteroatoms. The van der Waals surface area contributed by atoms with Crippen LogP contribution in [0.2, 0.25) is 0 Å². The molecule has 0 radical (unpaired) electrons. The predicted molar refractivity (Wildman–Crippen MR) is 73.0 cm³/mol. The summed E-state index contributed by atoms with van der Waals surface area (Å²) < 4.78 is 13.9. The van der Waals surface area contributed by atoms with Gasteiger partial charge in [-0.05, 0) is 54.9 Å². The van der Waals surface area contributed by atoms with E-state index in [0.29, 0.717) is 6.04 Å². The van der Waals surface area contributed by atoms with E-state index in [2.05, 4.69) is 46.9 Å². The van der Waals surface area contributed by atoms with Gasteiger partial charge in [0.05, 0.1) is 5.69 Å². The van der Waals surface area contributed by atoms with Gasteiger partial charge in [-0.25, -0.2) is 4.39 Å². The third-order valence-electron chi connectivity index (χ3n) is 3.19. The highest BCUT2D eigenvalue weighted by Crippen LogP contribution is 2.31. The van der Waals surface area contributed by atoms with Crippen LogP contribution < -0.4 is 10.2 Å². The minimum absolute atomic E-state index is 0.0837. The van der Waals surface area contributed by atoms with Gasteiger partial charge in [-0.15, -0.1) is 0 Å². The maximum atomic E-state index is 13.1.